The summed E-state index contributed by atoms with van der Waals surface area (Å²) in [5.74, 6) is -0.0174. The SMILES string of the molecule is C1CCC23OC2(C1)O3. The summed E-state index contributed by atoms with van der Waals surface area (Å²) in [6.07, 6.45) is 4.88. The van der Waals surface area contributed by atoms with Gasteiger partial charge in [0.05, 0.1) is 0 Å². The fourth-order valence-electron chi connectivity index (χ4n) is 1.79. The van der Waals surface area contributed by atoms with Crippen molar-refractivity contribution in [2.45, 2.75) is 37.3 Å². The van der Waals surface area contributed by atoms with Crippen LogP contribution in [0.5, 0.6) is 0 Å². The van der Waals surface area contributed by atoms with Crippen molar-refractivity contribution in [2.75, 3.05) is 0 Å². The summed E-state index contributed by atoms with van der Waals surface area (Å²) in [5.41, 5.74) is 0. The normalized spacial score (nSPS) is 66.0. The van der Waals surface area contributed by atoms with Gasteiger partial charge in [-0.1, -0.05) is 0 Å². The highest BCUT2D eigenvalue weighted by Gasteiger charge is 2.90. The molecule has 0 atom stereocenters. The van der Waals surface area contributed by atoms with Gasteiger partial charge in [0.15, 0.2) is 0 Å². The minimum Gasteiger partial charge on any atom is -0.307 e. The summed E-state index contributed by atoms with van der Waals surface area (Å²) in [7, 11) is 0. The van der Waals surface area contributed by atoms with Crippen molar-refractivity contribution in [3.05, 3.63) is 0 Å². The third kappa shape index (κ3) is 0.213. The van der Waals surface area contributed by atoms with Gasteiger partial charge < -0.3 is 9.47 Å². The fourth-order valence-corrected chi connectivity index (χ4v) is 1.79. The Bertz CT molecular complexity index is 131. The third-order valence-corrected chi connectivity index (χ3v) is 2.42. The molecule has 0 unspecified atom stereocenters. The van der Waals surface area contributed by atoms with Gasteiger partial charge in [0.2, 0.25) is 11.6 Å². The molecule has 44 valence electrons. The van der Waals surface area contributed by atoms with Crippen LogP contribution >= 0.6 is 0 Å². The van der Waals surface area contributed by atoms with Crippen LogP contribution < -0.4 is 0 Å². The third-order valence-electron chi connectivity index (χ3n) is 2.42. The van der Waals surface area contributed by atoms with Gasteiger partial charge in [0, 0.05) is 12.8 Å². The average Bonchev–Trinajstić information content (AvgIpc) is 2.45. The Morgan fingerprint density at radius 3 is 1.75 bits per heavy atom. The Morgan fingerprint density at radius 1 is 0.875 bits per heavy atom. The second-order valence-electron chi connectivity index (χ2n) is 2.92. The van der Waals surface area contributed by atoms with E-state index in [-0.39, 0.29) is 11.6 Å². The van der Waals surface area contributed by atoms with Gasteiger partial charge in [-0.05, 0) is 12.8 Å². The molecule has 0 amide bonds. The zero-order valence-electron chi connectivity index (χ0n) is 4.64. The second-order valence-corrected chi connectivity index (χ2v) is 2.92. The molecule has 0 spiro atoms. The lowest BCUT2D eigenvalue weighted by atomic mass is 10.0. The number of ether oxygens (including phenoxy) is 2. The number of epoxide rings is 2. The van der Waals surface area contributed by atoms with Crippen LogP contribution in [0.1, 0.15) is 25.7 Å². The largest absolute Gasteiger partial charge is 0.307 e. The standard InChI is InChI=1S/C6H8O2/c1-2-4-6-5(3-1,7-6)8-6/h1-4H2. The predicted molar refractivity (Wildman–Crippen MR) is 26.1 cm³/mol. The van der Waals surface area contributed by atoms with E-state index in [1.54, 1.807) is 0 Å². The lowest BCUT2D eigenvalue weighted by molar-refractivity contribution is -0.0926. The number of hydrogen-bond donors (Lipinski definition) is 0. The van der Waals surface area contributed by atoms with Crippen molar-refractivity contribution in [1.82, 2.24) is 0 Å². The van der Waals surface area contributed by atoms with Crippen LogP contribution in [0.3, 0.4) is 0 Å². The van der Waals surface area contributed by atoms with Crippen LogP contribution in [-0.4, -0.2) is 11.6 Å². The van der Waals surface area contributed by atoms with Gasteiger partial charge in [-0.25, -0.2) is 0 Å². The first-order chi connectivity index (χ1) is 3.87. The Kier molecular flexibility index (Phi) is 0.364. The molecule has 3 rings (SSSR count). The lowest BCUT2D eigenvalue weighted by Gasteiger charge is -1.95. The molecule has 3 fully saturated rings. The van der Waals surface area contributed by atoms with E-state index in [0.29, 0.717) is 0 Å². The van der Waals surface area contributed by atoms with E-state index in [1.807, 2.05) is 0 Å². The zero-order valence-corrected chi connectivity index (χ0v) is 4.64. The van der Waals surface area contributed by atoms with Crippen LogP contribution in [0.15, 0.2) is 0 Å². The van der Waals surface area contributed by atoms with Gasteiger partial charge in [0.25, 0.3) is 0 Å². The smallest absolute Gasteiger partial charge is 0.229 e. The highest BCUT2D eigenvalue weighted by Crippen LogP contribution is 2.74. The van der Waals surface area contributed by atoms with Gasteiger partial charge in [-0.3, -0.25) is 0 Å². The molecule has 0 N–H and O–H groups in total. The van der Waals surface area contributed by atoms with E-state index in [2.05, 4.69) is 0 Å². The first kappa shape index (κ1) is 3.85. The van der Waals surface area contributed by atoms with Gasteiger partial charge >= 0.3 is 0 Å². The second kappa shape index (κ2) is 0.755. The van der Waals surface area contributed by atoms with Crippen LogP contribution in [0.4, 0.5) is 0 Å². The van der Waals surface area contributed by atoms with E-state index in [0.717, 1.165) is 12.8 Å². The monoisotopic (exact) mass is 112 g/mol. The first-order valence-corrected chi connectivity index (χ1v) is 3.27. The molecule has 3 aliphatic rings. The fraction of sp³-hybridized carbons (Fsp3) is 1.00. The lowest BCUT2D eigenvalue weighted by Crippen LogP contribution is -2.00. The van der Waals surface area contributed by atoms with Crippen molar-refractivity contribution < 1.29 is 9.47 Å². The quantitative estimate of drug-likeness (QED) is 0.437. The summed E-state index contributed by atoms with van der Waals surface area (Å²) >= 11 is 0. The highest BCUT2D eigenvalue weighted by molar-refractivity contribution is 5.19. The van der Waals surface area contributed by atoms with Crippen molar-refractivity contribution >= 4 is 0 Å². The molecule has 2 heterocycles. The van der Waals surface area contributed by atoms with Crippen molar-refractivity contribution in [2.24, 2.45) is 0 Å². The Morgan fingerprint density at radius 2 is 1.38 bits per heavy atom. The molecule has 2 saturated heterocycles. The topological polar surface area (TPSA) is 25.1 Å². The van der Waals surface area contributed by atoms with Crippen molar-refractivity contribution in [3.63, 3.8) is 0 Å². The maximum absolute atomic E-state index is 5.32. The van der Waals surface area contributed by atoms with E-state index in [1.165, 1.54) is 12.8 Å². The first-order valence-electron chi connectivity index (χ1n) is 3.27. The Labute approximate surface area is 47.8 Å². The predicted octanol–water partition coefficient (Wildman–Crippen LogP) is 1.01. The van der Waals surface area contributed by atoms with Crippen molar-refractivity contribution in [3.8, 4) is 0 Å². The highest BCUT2D eigenvalue weighted by atomic mass is 17.0. The van der Waals surface area contributed by atoms with Gasteiger partial charge in [0.1, 0.15) is 0 Å². The van der Waals surface area contributed by atoms with Crippen molar-refractivity contribution in [1.29, 1.82) is 0 Å². The molecule has 1 aliphatic carbocycles. The van der Waals surface area contributed by atoms with E-state index in [4.69, 9.17) is 9.47 Å². The summed E-state index contributed by atoms with van der Waals surface area (Å²) in [4.78, 5) is 0. The van der Waals surface area contributed by atoms with E-state index < -0.39 is 0 Å². The summed E-state index contributed by atoms with van der Waals surface area (Å²) < 4.78 is 10.6. The maximum atomic E-state index is 5.32. The molecule has 0 bridgehead atoms. The molecule has 0 aromatic carbocycles. The molecule has 2 aliphatic heterocycles. The molecule has 0 radical (unpaired) electrons. The molecule has 8 heavy (non-hydrogen) atoms. The van der Waals surface area contributed by atoms with Crippen LogP contribution in [0.25, 0.3) is 0 Å². The number of hydrogen-bond acceptors (Lipinski definition) is 2. The Hall–Kier alpha value is -0.0800. The van der Waals surface area contributed by atoms with E-state index >= 15 is 0 Å². The molecule has 2 nitrogen and oxygen atoms in total. The van der Waals surface area contributed by atoms with Gasteiger partial charge in [-0.15, -0.1) is 0 Å². The number of rotatable bonds is 0. The van der Waals surface area contributed by atoms with Crippen LogP contribution in [-0.2, 0) is 9.47 Å². The molecule has 1 saturated carbocycles. The molecular formula is C6H8O2. The summed E-state index contributed by atoms with van der Waals surface area (Å²) in [6, 6.07) is 0. The molecule has 0 aromatic heterocycles. The molecule has 0 aromatic rings. The average molecular weight is 112 g/mol. The molecule has 2 heteroatoms. The summed E-state index contributed by atoms with van der Waals surface area (Å²) in [6.45, 7) is 0. The maximum Gasteiger partial charge on any atom is 0.229 e. The minimum atomic E-state index is -0.00868. The minimum absolute atomic E-state index is 0.00868. The van der Waals surface area contributed by atoms with Gasteiger partial charge in [-0.2, -0.15) is 0 Å². The zero-order chi connectivity index (χ0) is 5.24. The van der Waals surface area contributed by atoms with Crippen LogP contribution in [0.2, 0.25) is 0 Å². The van der Waals surface area contributed by atoms with E-state index in [9.17, 15) is 0 Å². The van der Waals surface area contributed by atoms with Crippen LogP contribution in [0, 0.1) is 0 Å². The Balaban J connectivity index is 1.98. The summed E-state index contributed by atoms with van der Waals surface area (Å²) in [5, 5.41) is 0. The molecular weight excluding hydrogens is 104 g/mol.